The molecule has 196 valence electrons. The van der Waals surface area contributed by atoms with Crippen LogP contribution in [0.1, 0.15) is 11.1 Å². The molecule has 0 fully saturated rings. The molecule has 0 nitrogen and oxygen atoms in total. The SMILES string of the molecule is C=Cc1c(C=C)c(-c2ccc(-c3ccc4c5c(cccc35)-c3ccccc3-4)cc2)c2ccccc2c1-c1ccccc1. The van der Waals surface area contributed by atoms with Crippen LogP contribution in [0.4, 0.5) is 0 Å². The fraction of sp³-hybridized carbons (Fsp3) is 0. The van der Waals surface area contributed by atoms with E-state index in [2.05, 4.69) is 147 Å². The minimum Gasteiger partial charge on any atom is -0.0984 e. The van der Waals surface area contributed by atoms with E-state index in [-0.39, 0.29) is 0 Å². The largest absolute Gasteiger partial charge is 0.0984 e. The molecule has 0 aliphatic heterocycles. The molecule has 0 unspecified atom stereocenters. The quantitative estimate of drug-likeness (QED) is 0.207. The zero-order valence-corrected chi connectivity index (χ0v) is 23.3. The molecule has 0 atom stereocenters. The van der Waals surface area contributed by atoms with E-state index in [1.807, 2.05) is 12.2 Å². The standard InChI is InChI=1S/C42H28/c1-3-30-31(4-2)41(38-18-11-10-17-37(38)40(30)28-13-6-5-7-14-28)29-23-21-27(22-24-29)32-25-26-39-34-16-9-8-15-33(34)36-20-12-19-35(32)42(36)39/h3-26H,1-2H2. The molecule has 8 rings (SSSR count). The first-order chi connectivity index (χ1) is 20.8. The smallest absolute Gasteiger partial charge is 0.00201 e. The fourth-order valence-corrected chi connectivity index (χ4v) is 7.01. The number of hydrogen-bond donors (Lipinski definition) is 0. The van der Waals surface area contributed by atoms with E-state index in [4.69, 9.17) is 0 Å². The summed E-state index contributed by atoms with van der Waals surface area (Å²) in [4.78, 5) is 0. The predicted octanol–water partition coefficient (Wildman–Crippen LogP) is 11.9. The Bertz CT molecular complexity index is 2170. The van der Waals surface area contributed by atoms with Crippen molar-refractivity contribution in [3.8, 4) is 55.6 Å². The molecule has 0 spiro atoms. The van der Waals surface area contributed by atoms with E-state index < -0.39 is 0 Å². The Morgan fingerprint density at radius 2 is 0.786 bits per heavy atom. The van der Waals surface area contributed by atoms with Crippen LogP contribution >= 0.6 is 0 Å². The molecule has 0 aromatic heterocycles. The Labute approximate surface area is 246 Å². The van der Waals surface area contributed by atoms with Gasteiger partial charge in [0.2, 0.25) is 0 Å². The second-order valence-electron chi connectivity index (χ2n) is 10.9. The van der Waals surface area contributed by atoms with Gasteiger partial charge in [-0.25, -0.2) is 0 Å². The summed E-state index contributed by atoms with van der Waals surface area (Å²) in [6.45, 7) is 8.49. The van der Waals surface area contributed by atoms with Crippen molar-refractivity contribution in [2.24, 2.45) is 0 Å². The summed E-state index contributed by atoms with van der Waals surface area (Å²) in [5.74, 6) is 0. The zero-order chi connectivity index (χ0) is 28.2. The molecule has 0 saturated heterocycles. The third kappa shape index (κ3) is 3.49. The van der Waals surface area contributed by atoms with Crippen LogP contribution in [0.3, 0.4) is 0 Å². The van der Waals surface area contributed by atoms with Crippen LogP contribution in [-0.2, 0) is 0 Å². The molecule has 7 aromatic rings. The molecule has 0 bridgehead atoms. The van der Waals surface area contributed by atoms with Gasteiger partial charge < -0.3 is 0 Å². The molecule has 1 aliphatic rings. The lowest BCUT2D eigenvalue weighted by Gasteiger charge is -2.20. The molecule has 7 aromatic carbocycles. The molecule has 0 amide bonds. The van der Waals surface area contributed by atoms with Gasteiger partial charge in [-0.1, -0.05) is 159 Å². The van der Waals surface area contributed by atoms with Crippen LogP contribution in [0.25, 0.3) is 89.3 Å². The summed E-state index contributed by atoms with van der Waals surface area (Å²) in [5, 5.41) is 5.09. The van der Waals surface area contributed by atoms with Crippen LogP contribution in [0.15, 0.2) is 147 Å². The molecule has 0 radical (unpaired) electrons. The Balaban J connectivity index is 1.31. The highest BCUT2D eigenvalue weighted by Crippen LogP contribution is 2.49. The molecule has 0 heteroatoms. The fourth-order valence-electron chi connectivity index (χ4n) is 7.01. The van der Waals surface area contributed by atoms with Gasteiger partial charge in [0, 0.05) is 0 Å². The summed E-state index contributed by atoms with van der Waals surface area (Å²) in [5.41, 5.74) is 14.7. The summed E-state index contributed by atoms with van der Waals surface area (Å²) in [6.07, 6.45) is 3.97. The lowest BCUT2D eigenvalue weighted by molar-refractivity contribution is 1.58. The number of benzene rings is 7. The third-order valence-electron chi connectivity index (χ3n) is 8.80. The number of fused-ring (bicyclic) bond motifs is 4. The summed E-state index contributed by atoms with van der Waals surface area (Å²) in [7, 11) is 0. The molecule has 0 heterocycles. The van der Waals surface area contributed by atoms with Crippen molar-refractivity contribution in [1.29, 1.82) is 0 Å². The number of hydrogen-bond acceptors (Lipinski definition) is 0. The van der Waals surface area contributed by atoms with E-state index >= 15 is 0 Å². The minimum atomic E-state index is 1.11. The van der Waals surface area contributed by atoms with Gasteiger partial charge in [-0.2, -0.15) is 0 Å². The van der Waals surface area contributed by atoms with E-state index in [1.165, 1.54) is 77.2 Å². The topological polar surface area (TPSA) is 0 Å². The molecule has 0 N–H and O–H groups in total. The first-order valence-electron chi connectivity index (χ1n) is 14.4. The first kappa shape index (κ1) is 24.3. The Kier molecular flexibility index (Phi) is 5.55. The van der Waals surface area contributed by atoms with E-state index in [9.17, 15) is 0 Å². The van der Waals surface area contributed by atoms with Crippen molar-refractivity contribution in [1.82, 2.24) is 0 Å². The normalized spacial score (nSPS) is 11.5. The highest BCUT2D eigenvalue weighted by Gasteiger charge is 2.22. The second kappa shape index (κ2) is 9.58. The molecule has 42 heavy (non-hydrogen) atoms. The van der Waals surface area contributed by atoms with Crippen LogP contribution in [-0.4, -0.2) is 0 Å². The summed E-state index contributed by atoms with van der Waals surface area (Å²) >= 11 is 0. The molecule has 0 saturated carbocycles. The monoisotopic (exact) mass is 532 g/mol. The summed E-state index contributed by atoms with van der Waals surface area (Å²) in [6, 6.07) is 48.4. The third-order valence-corrected chi connectivity index (χ3v) is 8.80. The van der Waals surface area contributed by atoms with E-state index in [0.29, 0.717) is 0 Å². The number of rotatable bonds is 5. The Morgan fingerprint density at radius 1 is 0.333 bits per heavy atom. The summed E-state index contributed by atoms with van der Waals surface area (Å²) < 4.78 is 0. The highest BCUT2D eigenvalue weighted by molar-refractivity contribution is 6.19. The van der Waals surface area contributed by atoms with Crippen LogP contribution in [0.5, 0.6) is 0 Å². The average Bonchev–Trinajstić information content (AvgIpc) is 3.39. The predicted molar refractivity (Wildman–Crippen MR) is 182 cm³/mol. The van der Waals surface area contributed by atoms with Crippen molar-refractivity contribution >= 4 is 33.7 Å². The van der Waals surface area contributed by atoms with Crippen molar-refractivity contribution < 1.29 is 0 Å². The van der Waals surface area contributed by atoms with Crippen LogP contribution in [0, 0.1) is 0 Å². The maximum Gasteiger partial charge on any atom is -0.00201 e. The maximum atomic E-state index is 4.26. The maximum absolute atomic E-state index is 4.26. The van der Waals surface area contributed by atoms with Gasteiger partial charge in [0.25, 0.3) is 0 Å². The van der Waals surface area contributed by atoms with Crippen LogP contribution < -0.4 is 0 Å². The van der Waals surface area contributed by atoms with Crippen molar-refractivity contribution in [2.45, 2.75) is 0 Å². The van der Waals surface area contributed by atoms with E-state index in [0.717, 1.165) is 11.1 Å². The average molecular weight is 533 g/mol. The van der Waals surface area contributed by atoms with Gasteiger partial charge in [0.15, 0.2) is 0 Å². The zero-order valence-electron chi connectivity index (χ0n) is 23.3. The lowest BCUT2D eigenvalue weighted by Crippen LogP contribution is -1.96. The molecule has 1 aliphatic carbocycles. The van der Waals surface area contributed by atoms with Gasteiger partial charge in [-0.15, -0.1) is 0 Å². The van der Waals surface area contributed by atoms with Crippen molar-refractivity contribution in [3.63, 3.8) is 0 Å². The van der Waals surface area contributed by atoms with Gasteiger partial charge in [-0.05, 0) is 88.3 Å². The van der Waals surface area contributed by atoms with Crippen molar-refractivity contribution in [3.05, 3.63) is 158 Å². The van der Waals surface area contributed by atoms with Gasteiger partial charge in [0.05, 0.1) is 0 Å². The van der Waals surface area contributed by atoms with Crippen molar-refractivity contribution in [2.75, 3.05) is 0 Å². The van der Waals surface area contributed by atoms with Gasteiger partial charge in [0.1, 0.15) is 0 Å². The van der Waals surface area contributed by atoms with Crippen LogP contribution in [0.2, 0.25) is 0 Å². The molecular formula is C42H28. The Morgan fingerprint density at radius 3 is 1.40 bits per heavy atom. The molecular weight excluding hydrogens is 504 g/mol. The highest BCUT2D eigenvalue weighted by atomic mass is 14.3. The first-order valence-corrected chi connectivity index (χ1v) is 14.4. The van der Waals surface area contributed by atoms with Gasteiger partial charge >= 0.3 is 0 Å². The minimum absolute atomic E-state index is 1.11. The Hall–Kier alpha value is -5.46. The lowest BCUT2D eigenvalue weighted by atomic mass is 9.83. The van der Waals surface area contributed by atoms with Gasteiger partial charge in [-0.3, -0.25) is 0 Å². The second-order valence-corrected chi connectivity index (χ2v) is 10.9. The van der Waals surface area contributed by atoms with E-state index in [1.54, 1.807) is 0 Å².